The summed E-state index contributed by atoms with van der Waals surface area (Å²) < 4.78 is 16.2. The molecule has 0 saturated carbocycles. The zero-order valence-corrected chi connectivity index (χ0v) is 15.5. The SMILES string of the molecule is CO[Si](C)(CCCSCC(C)C(=O)N1CCOCC1)OC. The van der Waals surface area contributed by atoms with Crippen LogP contribution in [0.4, 0.5) is 0 Å². The summed E-state index contributed by atoms with van der Waals surface area (Å²) in [5.41, 5.74) is 0. The topological polar surface area (TPSA) is 48.0 Å². The van der Waals surface area contributed by atoms with Crippen molar-refractivity contribution in [2.45, 2.75) is 25.9 Å². The fourth-order valence-electron chi connectivity index (χ4n) is 2.21. The number of amides is 1. The highest BCUT2D eigenvalue weighted by Gasteiger charge is 2.28. The van der Waals surface area contributed by atoms with Gasteiger partial charge in [0.05, 0.1) is 13.2 Å². The lowest BCUT2D eigenvalue weighted by Crippen LogP contribution is -2.43. The Morgan fingerprint density at radius 1 is 1.33 bits per heavy atom. The Balaban J connectivity index is 2.15. The van der Waals surface area contributed by atoms with Crippen molar-refractivity contribution in [2.75, 3.05) is 52.0 Å². The molecule has 0 bridgehead atoms. The zero-order valence-electron chi connectivity index (χ0n) is 13.7. The molecule has 1 fully saturated rings. The first-order valence-corrected chi connectivity index (χ1v) is 11.2. The van der Waals surface area contributed by atoms with Crippen LogP contribution in [-0.4, -0.2) is 71.4 Å². The Labute approximate surface area is 133 Å². The fraction of sp³-hybridized carbons (Fsp3) is 0.929. The van der Waals surface area contributed by atoms with Gasteiger partial charge in [0.2, 0.25) is 5.91 Å². The van der Waals surface area contributed by atoms with Crippen molar-refractivity contribution < 1.29 is 18.4 Å². The van der Waals surface area contributed by atoms with Crippen LogP contribution in [0.15, 0.2) is 0 Å². The highest BCUT2D eigenvalue weighted by atomic mass is 32.2. The molecule has 0 aliphatic carbocycles. The molecule has 124 valence electrons. The van der Waals surface area contributed by atoms with Gasteiger partial charge in [0.25, 0.3) is 0 Å². The molecule has 0 spiro atoms. The molecule has 1 aliphatic rings. The number of carbonyl (C=O) groups is 1. The first-order valence-electron chi connectivity index (χ1n) is 7.57. The van der Waals surface area contributed by atoms with Gasteiger partial charge >= 0.3 is 8.56 Å². The molecule has 1 saturated heterocycles. The van der Waals surface area contributed by atoms with E-state index < -0.39 is 8.56 Å². The van der Waals surface area contributed by atoms with Crippen molar-refractivity contribution in [2.24, 2.45) is 5.92 Å². The molecule has 0 aromatic rings. The van der Waals surface area contributed by atoms with Gasteiger partial charge < -0.3 is 18.5 Å². The maximum Gasteiger partial charge on any atom is 0.334 e. The largest absolute Gasteiger partial charge is 0.398 e. The molecular weight excluding hydrogens is 306 g/mol. The van der Waals surface area contributed by atoms with Gasteiger partial charge in [-0.2, -0.15) is 11.8 Å². The van der Waals surface area contributed by atoms with Crippen molar-refractivity contribution in [3.05, 3.63) is 0 Å². The lowest BCUT2D eigenvalue weighted by atomic mass is 10.2. The number of ether oxygens (including phenoxy) is 1. The number of hydrogen-bond acceptors (Lipinski definition) is 5. The van der Waals surface area contributed by atoms with E-state index in [1.165, 1.54) is 0 Å². The summed E-state index contributed by atoms with van der Waals surface area (Å²) >= 11 is 1.85. The minimum Gasteiger partial charge on any atom is -0.398 e. The minimum atomic E-state index is -1.93. The third-order valence-corrected chi connectivity index (χ3v) is 8.20. The van der Waals surface area contributed by atoms with Gasteiger partial charge in [0.1, 0.15) is 0 Å². The molecule has 1 rings (SSSR count). The summed E-state index contributed by atoms with van der Waals surface area (Å²) in [6.07, 6.45) is 1.08. The standard InChI is InChI=1S/C14H29NO4SSi/c1-13(14(16)15-6-8-19-9-7-15)12-20-10-5-11-21(4,17-2)18-3/h13H,5-12H2,1-4H3. The second-order valence-electron chi connectivity index (χ2n) is 5.56. The van der Waals surface area contributed by atoms with Crippen molar-refractivity contribution in [3.63, 3.8) is 0 Å². The summed E-state index contributed by atoms with van der Waals surface area (Å²) in [4.78, 5) is 14.2. The lowest BCUT2D eigenvalue weighted by Gasteiger charge is -2.29. The molecule has 1 heterocycles. The predicted molar refractivity (Wildman–Crippen MR) is 88.9 cm³/mol. The van der Waals surface area contributed by atoms with Crippen LogP contribution in [0.5, 0.6) is 0 Å². The molecule has 7 heteroatoms. The zero-order chi connectivity index (χ0) is 15.7. The third-order valence-electron chi connectivity index (χ3n) is 3.90. The lowest BCUT2D eigenvalue weighted by molar-refractivity contribution is -0.138. The molecule has 0 N–H and O–H groups in total. The third kappa shape index (κ3) is 6.69. The van der Waals surface area contributed by atoms with Crippen molar-refractivity contribution in [1.29, 1.82) is 0 Å². The van der Waals surface area contributed by atoms with E-state index in [-0.39, 0.29) is 11.8 Å². The summed E-state index contributed by atoms with van der Waals surface area (Å²) in [5, 5.41) is 0. The smallest absolute Gasteiger partial charge is 0.334 e. The van der Waals surface area contributed by atoms with Crippen molar-refractivity contribution in [1.82, 2.24) is 4.90 Å². The molecule has 1 amide bonds. The average molecular weight is 336 g/mol. The number of nitrogens with zero attached hydrogens (tertiary/aromatic N) is 1. The average Bonchev–Trinajstić information content (AvgIpc) is 2.54. The monoisotopic (exact) mass is 335 g/mol. The Bertz CT molecular complexity index is 309. The number of carbonyl (C=O) groups excluding carboxylic acids is 1. The molecular formula is C14H29NO4SSi. The minimum absolute atomic E-state index is 0.0848. The van der Waals surface area contributed by atoms with Gasteiger partial charge in [-0.25, -0.2) is 0 Å². The maximum absolute atomic E-state index is 12.2. The van der Waals surface area contributed by atoms with Crippen LogP contribution in [0.1, 0.15) is 13.3 Å². The molecule has 21 heavy (non-hydrogen) atoms. The van der Waals surface area contributed by atoms with Crippen LogP contribution in [0, 0.1) is 5.92 Å². The summed E-state index contributed by atoms with van der Waals surface area (Å²) in [6.45, 7) is 6.92. The van der Waals surface area contributed by atoms with E-state index in [2.05, 4.69) is 6.55 Å². The molecule has 1 atom stereocenters. The second-order valence-corrected chi connectivity index (χ2v) is 10.3. The highest BCUT2D eigenvalue weighted by molar-refractivity contribution is 7.99. The summed E-state index contributed by atoms with van der Waals surface area (Å²) in [6, 6.07) is 0.999. The van der Waals surface area contributed by atoms with E-state index in [1.807, 2.05) is 23.6 Å². The quantitative estimate of drug-likeness (QED) is 0.476. The van der Waals surface area contributed by atoms with Gasteiger partial charge in [-0.05, 0) is 24.8 Å². The Kier molecular flexibility index (Phi) is 8.88. The number of rotatable bonds is 9. The molecule has 1 unspecified atom stereocenters. The first-order chi connectivity index (χ1) is 10.0. The Morgan fingerprint density at radius 2 is 1.95 bits per heavy atom. The number of thioether (sulfide) groups is 1. The van der Waals surface area contributed by atoms with Gasteiger partial charge in [0.15, 0.2) is 0 Å². The molecule has 0 aromatic carbocycles. The van der Waals surface area contributed by atoms with E-state index in [0.29, 0.717) is 13.2 Å². The molecule has 0 radical (unpaired) electrons. The van der Waals surface area contributed by atoms with Gasteiger partial charge in [-0.3, -0.25) is 4.79 Å². The highest BCUT2D eigenvalue weighted by Crippen LogP contribution is 2.18. The van der Waals surface area contributed by atoms with Crippen LogP contribution in [0.3, 0.4) is 0 Å². The van der Waals surface area contributed by atoms with E-state index in [4.69, 9.17) is 13.6 Å². The molecule has 0 aromatic heterocycles. The normalized spacial score (nSPS) is 17.8. The van der Waals surface area contributed by atoms with Crippen LogP contribution < -0.4 is 0 Å². The molecule has 1 aliphatic heterocycles. The first kappa shape index (κ1) is 19.0. The van der Waals surface area contributed by atoms with Crippen molar-refractivity contribution >= 4 is 26.2 Å². The van der Waals surface area contributed by atoms with E-state index >= 15 is 0 Å². The van der Waals surface area contributed by atoms with Crippen LogP contribution in [-0.2, 0) is 18.4 Å². The van der Waals surface area contributed by atoms with Crippen LogP contribution in [0.25, 0.3) is 0 Å². The Morgan fingerprint density at radius 3 is 2.52 bits per heavy atom. The van der Waals surface area contributed by atoms with Gasteiger partial charge in [-0.15, -0.1) is 0 Å². The van der Waals surface area contributed by atoms with Crippen molar-refractivity contribution in [3.8, 4) is 0 Å². The number of hydrogen-bond donors (Lipinski definition) is 0. The van der Waals surface area contributed by atoms with Crippen LogP contribution in [0.2, 0.25) is 12.6 Å². The summed E-state index contributed by atoms with van der Waals surface area (Å²) in [5.74, 6) is 2.28. The fourth-order valence-corrected chi connectivity index (χ4v) is 4.87. The molecule has 5 nitrogen and oxygen atoms in total. The predicted octanol–water partition coefficient (Wildman–Crippen LogP) is 1.97. The maximum atomic E-state index is 12.2. The Hall–Kier alpha value is -0.0831. The summed E-state index contributed by atoms with van der Waals surface area (Å²) in [7, 11) is 1.53. The van der Waals surface area contributed by atoms with E-state index in [1.54, 1.807) is 14.2 Å². The van der Waals surface area contributed by atoms with Gasteiger partial charge in [-0.1, -0.05) is 6.92 Å². The van der Waals surface area contributed by atoms with E-state index in [9.17, 15) is 4.79 Å². The van der Waals surface area contributed by atoms with Crippen LogP contribution >= 0.6 is 11.8 Å². The van der Waals surface area contributed by atoms with E-state index in [0.717, 1.165) is 37.1 Å². The van der Waals surface area contributed by atoms with Gasteiger partial charge in [0, 0.05) is 39.0 Å². The number of morpholine rings is 1. The second kappa shape index (κ2) is 9.84.